The van der Waals surface area contributed by atoms with Crippen LogP contribution in [0.25, 0.3) is 0 Å². The molecular formula is C11H13ClO3S. The Kier molecular flexibility index (Phi) is 5.49. The third-order valence-corrected chi connectivity index (χ3v) is 2.86. The highest BCUT2D eigenvalue weighted by atomic mass is 35.5. The molecular weight excluding hydrogens is 248 g/mol. The first-order chi connectivity index (χ1) is 7.65. The number of carboxylic acids is 1. The Morgan fingerprint density at radius 1 is 1.56 bits per heavy atom. The van der Waals surface area contributed by atoms with Crippen LogP contribution in [0.1, 0.15) is 16.8 Å². The zero-order valence-corrected chi connectivity index (χ0v) is 10.5. The Labute approximate surface area is 104 Å². The molecule has 88 valence electrons. The molecule has 0 fully saturated rings. The van der Waals surface area contributed by atoms with Gasteiger partial charge in [0.1, 0.15) is 11.3 Å². The van der Waals surface area contributed by atoms with E-state index in [4.69, 9.17) is 21.4 Å². The van der Waals surface area contributed by atoms with Gasteiger partial charge in [0, 0.05) is 5.02 Å². The van der Waals surface area contributed by atoms with E-state index in [1.807, 2.05) is 6.26 Å². The van der Waals surface area contributed by atoms with Gasteiger partial charge in [0.05, 0.1) is 6.61 Å². The monoisotopic (exact) mass is 260 g/mol. The maximum atomic E-state index is 10.9. The van der Waals surface area contributed by atoms with Crippen LogP contribution in [0.2, 0.25) is 5.02 Å². The Balaban J connectivity index is 2.68. The first kappa shape index (κ1) is 13.2. The van der Waals surface area contributed by atoms with Crippen molar-refractivity contribution in [1.82, 2.24) is 0 Å². The molecule has 1 aromatic rings. The molecule has 0 saturated heterocycles. The Bertz CT molecular complexity index is 368. The molecule has 5 heteroatoms. The number of hydrogen-bond acceptors (Lipinski definition) is 3. The molecule has 0 aliphatic carbocycles. The van der Waals surface area contributed by atoms with Crippen molar-refractivity contribution in [3.05, 3.63) is 28.8 Å². The van der Waals surface area contributed by atoms with Crippen molar-refractivity contribution in [2.24, 2.45) is 0 Å². The first-order valence-electron chi connectivity index (χ1n) is 4.79. The molecule has 0 amide bonds. The van der Waals surface area contributed by atoms with Crippen LogP contribution in [-0.4, -0.2) is 29.7 Å². The van der Waals surface area contributed by atoms with E-state index in [1.165, 1.54) is 12.1 Å². The lowest BCUT2D eigenvalue weighted by atomic mass is 10.2. The number of ether oxygens (including phenoxy) is 1. The lowest BCUT2D eigenvalue weighted by molar-refractivity contribution is 0.0692. The summed E-state index contributed by atoms with van der Waals surface area (Å²) in [4.78, 5) is 10.9. The second kappa shape index (κ2) is 6.66. The van der Waals surface area contributed by atoms with E-state index in [2.05, 4.69) is 0 Å². The summed E-state index contributed by atoms with van der Waals surface area (Å²) in [6, 6.07) is 4.53. The average molecular weight is 261 g/mol. The quantitative estimate of drug-likeness (QED) is 0.798. The van der Waals surface area contributed by atoms with E-state index >= 15 is 0 Å². The first-order valence-corrected chi connectivity index (χ1v) is 6.57. The predicted molar refractivity (Wildman–Crippen MR) is 66.9 cm³/mol. The number of carbonyl (C=O) groups is 1. The lowest BCUT2D eigenvalue weighted by Gasteiger charge is -2.08. The summed E-state index contributed by atoms with van der Waals surface area (Å²) >= 11 is 7.51. The number of halogens is 1. The number of hydrogen-bond donors (Lipinski definition) is 1. The molecule has 0 radical (unpaired) electrons. The lowest BCUT2D eigenvalue weighted by Crippen LogP contribution is -2.05. The van der Waals surface area contributed by atoms with Crippen LogP contribution in [0.15, 0.2) is 18.2 Å². The highest BCUT2D eigenvalue weighted by Crippen LogP contribution is 2.23. The maximum absolute atomic E-state index is 10.9. The van der Waals surface area contributed by atoms with E-state index in [0.717, 1.165) is 12.2 Å². The van der Waals surface area contributed by atoms with Gasteiger partial charge in [-0.25, -0.2) is 4.79 Å². The second-order valence-electron chi connectivity index (χ2n) is 3.14. The molecule has 0 heterocycles. The molecule has 0 aliphatic heterocycles. The molecule has 1 aromatic carbocycles. The van der Waals surface area contributed by atoms with Gasteiger partial charge in [-0.1, -0.05) is 11.6 Å². The Morgan fingerprint density at radius 3 is 2.94 bits per heavy atom. The summed E-state index contributed by atoms with van der Waals surface area (Å²) in [6.07, 6.45) is 2.90. The summed E-state index contributed by atoms with van der Waals surface area (Å²) in [5, 5.41) is 9.41. The molecule has 0 bridgehead atoms. The van der Waals surface area contributed by atoms with Crippen molar-refractivity contribution in [2.45, 2.75) is 6.42 Å². The predicted octanol–water partition coefficient (Wildman–Crippen LogP) is 3.17. The van der Waals surface area contributed by atoms with E-state index in [9.17, 15) is 4.79 Å². The SMILES string of the molecule is CSCCCOc1cc(Cl)ccc1C(=O)O. The molecule has 0 unspecified atom stereocenters. The third kappa shape index (κ3) is 3.94. The van der Waals surface area contributed by atoms with Crippen molar-refractivity contribution < 1.29 is 14.6 Å². The van der Waals surface area contributed by atoms with Crippen LogP contribution >= 0.6 is 23.4 Å². The summed E-state index contributed by atoms with van der Waals surface area (Å²) < 4.78 is 5.40. The van der Waals surface area contributed by atoms with Crippen molar-refractivity contribution in [2.75, 3.05) is 18.6 Å². The number of benzene rings is 1. The van der Waals surface area contributed by atoms with Crippen LogP contribution < -0.4 is 4.74 Å². The van der Waals surface area contributed by atoms with Crippen LogP contribution in [0.4, 0.5) is 0 Å². The number of carboxylic acid groups (broad SMARTS) is 1. The van der Waals surface area contributed by atoms with Gasteiger partial charge in [0.25, 0.3) is 0 Å². The molecule has 0 spiro atoms. The fraction of sp³-hybridized carbons (Fsp3) is 0.364. The number of thioether (sulfide) groups is 1. The van der Waals surface area contributed by atoms with Gasteiger partial charge < -0.3 is 9.84 Å². The van der Waals surface area contributed by atoms with Gasteiger partial charge in [0.15, 0.2) is 0 Å². The Hall–Kier alpha value is -0.870. The van der Waals surface area contributed by atoms with E-state index in [-0.39, 0.29) is 5.56 Å². The topological polar surface area (TPSA) is 46.5 Å². The largest absolute Gasteiger partial charge is 0.493 e. The normalized spacial score (nSPS) is 10.1. The van der Waals surface area contributed by atoms with Crippen molar-refractivity contribution in [3.8, 4) is 5.75 Å². The molecule has 16 heavy (non-hydrogen) atoms. The van der Waals surface area contributed by atoms with Gasteiger partial charge in [0.2, 0.25) is 0 Å². The van der Waals surface area contributed by atoms with Gasteiger partial charge >= 0.3 is 5.97 Å². The molecule has 0 atom stereocenters. The fourth-order valence-electron chi connectivity index (χ4n) is 1.18. The molecule has 0 saturated carbocycles. The zero-order chi connectivity index (χ0) is 12.0. The van der Waals surface area contributed by atoms with Gasteiger partial charge in [-0.2, -0.15) is 11.8 Å². The van der Waals surface area contributed by atoms with E-state index in [1.54, 1.807) is 17.8 Å². The van der Waals surface area contributed by atoms with Gasteiger partial charge in [-0.15, -0.1) is 0 Å². The Morgan fingerprint density at radius 2 is 2.31 bits per heavy atom. The van der Waals surface area contributed by atoms with Crippen LogP contribution in [0, 0.1) is 0 Å². The van der Waals surface area contributed by atoms with E-state index < -0.39 is 5.97 Å². The summed E-state index contributed by atoms with van der Waals surface area (Å²) in [6.45, 7) is 0.501. The smallest absolute Gasteiger partial charge is 0.339 e. The molecule has 1 rings (SSSR count). The molecule has 0 aliphatic rings. The van der Waals surface area contributed by atoms with Crippen LogP contribution in [0.3, 0.4) is 0 Å². The summed E-state index contributed by atoms with van der Waals surface area (Å²) in [5.74, 6) is 0.320. The molecule has 0 aromatic heterocycles. The summed E-state index contributed by atoms with van der Waals surface area (Å²) in [5.41, 5.74) is 0.147. The van der Waals surface area contributed by atoms with E-state index in [0.29, 0.717) is 17.4 Å². The minimum Gasteiger partial charge on any atom is -0.493 e. The van der Waals surface area contributed by atoms with Gasteiger partial charge in [-0.05, 0) is 36.6 Å². The highest BCUT2D eigenvalue weighted by Gasteiger charge is 2.11. The minimum atomic E-state index is -1.00. The molecule has 3 nitrogen and oxygen atoms in total. The standard InChI is InChI=1S/C11H13ClO3S/c1-16-6-2-5-15-10-7-8(12)3-4-9(10)11(13)14/h3-4,7H,2,5-6H2,1H3,(H,13,14). The maximum Gasteiger partial charge on any atom is 0.339 e. The van der Waals surface area contributed by atoms with Crippen LogP contribution in [-0.2, 0) is 0 Å². The van der Waals surface area contributed by atoms with Crippen molar-refractivity contribution >= 4 is 29.3 Å². The zero-order valence-electron chi connectivity index (χ0n) is 8.90. The van der Waals surface area contributed by atoms with Crippen molar-refractivity contribution in [3.63, 3.8) is 0 Å². The fourth-order valence-corrected chi connectivity index (χ4v) is 1.75. The van der Waals surface area contributed by atoms with Gasteiger partial charge in [-0.3, -0.25) is 0 Å². The third-order valence-electron chi connectivity index (χ3n) is 1.92. The second-order valence-corrected chi connectivity index (χ2v) is 4.56. The minimum absolute atomic E-state index is 0.147. The summed E-state index contributed by atoms with van der Waals surface area (Å²) in [7, 11) is 0. The number of aromatic carboxylic acids is 1. The van der Waals surface area contributed by atoms with Crippen LogP contribution in [0.5, 0.6) is 5.75 Å². The highest BCUT2D eigenvalue weighted by molar-refractivity contribution is 7.98. The molecule has 1 N–H and O–H groups in total. The average Bonchev–Trinajstić information content (AvgIpc) is 2.24. The number of rotatable bonds is 6. The van der Waals surface area contributed by atoms with Crippen molar-refractivity contribution in [1.29, 1.82) is 0 Å².